The number of benzene rings is 2. The largest absolute Gasteiger partial charge is 0.446 e. The molecule has 2 heterocycles. The van der Waals surface area contributed by atoms with Gasteiger partial charge in [-0.25, -0.2) is 0 Å². The minimum Gasteiger partial charge on any atom is -0.446 e. The molecule has 0 aliphatic carbocycles. The average Bonchev–Trinajstić information content (AvgIpc) is 2.82. The van der Waals surface area contributed by atoms with Crippen molar-refractivity contribution in [1.82, 2.24) is 10.3 Å². The molecule has 2 N–H and O–H groups in total. The summed E-state index contributed by atoms with van der Waals surface area (Å²) >= 11 is 1.30. The minimum atomic E-state index is -1.21. The average molecular weight is 448 g/mol. The standard InChI is InChI=1S/C24H21N3O4S/c28-21(14-20-23(29)27-17-10-4-5-12-19(17)32-20)31-22(18-11-6-7-13-25-18)24(30)26-15-16-8-2-1-3-9-16/h1-13,20,22H,14-15H2,(H,26,30)(H,27,29)/t20-,22-/m0/s1. The Labute approximate surface area is 189 Å². The molecule has 1 aliphatic heterocycles. The molecule has 0 bridgehead atoms. The fourth-order valence-electron chi connectivity index (χ4n) is 3.21. The Balaban J connectivity index is 1.43. The highest BCUT2D eigenvalue weighted by Crippen LogP contribution is 2.37. The number of thioether (sulfide) groups is 1. The quantitative estimate of drug-likeness (QED) is 0.538. The highest BCUT2D eigenvalue weighted by Gasteiger charge is 2.32. The van der Waals surface area contributed by atoms with E-state index in [1.54, 1.807) is 18.2 Å². The van der Waals surface area contributed by atoms with Crippen LogP contribution in [0.5, 0.6) is 0 Å². The van der Waals surface area contributed by atoms with E-state index in [-0.39, 0.29) is 18.9 Å². The second-order valence-electron chi connectivity index (χ2n) is 7.12. The maximum atomic E-state index is 12.9. The predicted molar refractivity (Wildman–Crippen MR) is 121 cm³/mol. The van der Waals surface area contributed by atoms with Crippen molar-refractivity contribution in [2.45, 2.75) is 29.2 Å². The van der Waals surface area contributed by atoms with E-state index in [2.05, 4.69) is 15.6 Å². The van der Waals surface area contributed by atoms with E-state index in [0.29, 0.717) is 5.69 Å². The number of nitrogens with one attached hydrogen (secondary N) is 2. The number of aromatic nitrogens is 1. The van der Waals surface area contributed by atoms with E-state index in [4.69, 9.17) is 4.74 Å². The summed E-state index contributed by atoms with van der Waals surface area (Å²) in [7, 11) is 0. The summed E-state index contributed by atoms with van der Waals surface area (Å²) in [6, 6.07) is 21.9. The van der Waals surface area contributed by atoms with Crippen LogP contribution >= 0.6 is 11.8 Å². The maximum Gasteiger partial charge on any atom is 0.308 e. The molecule has 162 valence electrons. The summed E-state index contributed by atoms with van der Waals surface area (Å²) in [5.74, 6) is -1.40. The van der Waals surface area contributed by atoms with Crippen molar-refractivity contribution in [3.8, 4) is 0 Å². The third-order valence-electron chi connectivity index (χ3n) is 4.81. The first kappa shape index (κ1) is 21.6. The number of amides is 2. The molecule has 2 atom stereocenters. The third kappa shape index (κ3) is 5.33. The van der Waals surface area contributed by atoms with Gasteiger partial charge in [0.25, 0.3) is 5.91 Å². The lowest BCUT2D eigenvalue weighted by Crippen LogP contribution is -2.35. The van der Waals surface area contributed by atoms with Crippen LogP contribution in [0.2, 0.25) is 0 Å². The first-order valence-corrected chi connectivity index (χ1v) is 11.0. The van der Waals surface area contributed by atoms with Gasteiger partial charge >= 0.3 is 5.97 Å². The zero-order valence-corrected chi connectivity index (χ0v) is 17.9. The molecule has 8 heteroatoms. The van der Waals surface area contributed by atoms with E-state index in [1.807, 2.05) is 54.6 Å². The molecule has 0 saturated carbocycles. The molecule has 4 rings (SSSR count). The topological polar surface area (TPSA) is 97.4 Å². The number of anilines is 1. The Bertz CT molecular complexity index is 1110. The number of rotatable bonds is 7. The number of pyridine rings is 1. The van der Waals surface area contributed by atoms with Crippen molar-refractivity contribution in [3.05, 3.63) is 90.3 Å². The van der Waals surface area contributed by atoms with Crippen molar-refractivity contribution in [2.75, 3.05) is 5.32 Å². The second-order valence-corrected chi connectivity index (χ2v) is 8.37. The molecule has 0 spiro atoms. The number of para-hydroxylation sites is 1. The summed E-state index contributed by atoms with van der Waals surface area (Å²) < 4.78 is 5.52. The van der Waals surface area contributed by atoms with Crippen LogP contribution < -0.4 is 10.6 Å². The number of esters is 1. The number of carbonyl (C=O) groups excluding carboxylic acids is 3. The Hall–Kier alpha value is -3.65. The first-order valence-electron chi connectivity index (χ1n) is 10.1. The molecule has 1 aromatic heterocycles. The van der Waals surface area contributed by atoms with Gasteiger partial charge in [0.1, 0.15) is 0 Å². The van der Waals surface area contributed by atoms with E-state index in [0.717, 1.165) is 16.1 Å². The van der Waals surface area contributed by atoms with Crippen molar-refractivity contribution in [3.63, 3.8) is 0 Å². The summed E-state index contributed by atoms with van der Waals surface area (Å²) in [5, 5.41) is 4.95. The molecular weight excluding hydrogens is 426 g/mol. The SMILES string of the molecule is O=C(C[C@@H]1Sc2ccccc2NC1=O)O[C@H](C(=O)NCc1ccccc1)c1ccccn1. The van der Waals surface area contributed by atoms with Gasteiger partial charge in [-0.1, -0.05) is 48.5 Å². The smallest absolute Gasteiger partial charge is 0.308 e. The van der Waals surface area contributed by atoms with Gasteiger partial charge in [0, 0.05) is 17.6 Å². The van der Waals surface area contributed by atoms with Gasteiger partial charge in [0.05, 0.1) is 23.1 Å². The van der Waals surface area contributed by atoms with Crippen molar-refractivity contribution >= 4 is 35.2 Å². The molecule has 2 amide bonds. The van der Waals surface area contributed by atoms with E-state index in [9.17, 15) is 14.4 Å². The second kappa shape index (κ2) is 10.1. The molecule has 0 saturated heterocycles. The summed E-state index contributed by atoms with van der Waals surface area (Å²) in [6.07, 6.45) is 0.152. The molecule has 3 aromatic rings. The Morgan fingerprint density at radius 3 is 2.56 bits per heavy atom. The van der Waals surface area contributed by atoms with Crippen LogP contribution in [0.1, 0.15) is 23.8 Å². The van der Waals surface area contributed by atoms with Gasteiger partial charge in [-0.2, -0.15) is 0 Å². The lowest BCUT2D eigenvalue weighted by molar-refractivity contribution is -0.157. The van der Waals surface area contributed by atoms with Gasteiger partial charge in [0.15, 0.2) is 0 Å². The monoisotopic (exact) mass is 447 g/mol. The predicted octanol–water partition coefficient (Wildman–Crippen LogP) is 3.49. The first-order chi connectivity index (χ1) is 15.6. The zero-order valence-electron chi connectivity index (χ0n) is 17.1. The van der Waals surface area contributed by atoms with Crippen LogP contribution in [-0.2, 0) is 25.7 Å². The lowest BCUT2D eigenvalue weighted by atomic mass is 10.2. The number of nitrogens with zero attached hydrogens (tertiary/aromatic N) is 1. The Morgan fingerprint density at radius 2 is 1.78 bits per heavy atom. The Morgan fingerprint density at radius 1 is 1.03 bits per heavy atom. The molecular formula is C24H21N3O4S. The normalized spacial score (nSPS) is 15.8. The zero-order chi connectivity index (χ0) is 22.3. The molecule has 0 fully saturated rings. The van der Waals surface area contributed by atoms with Crippen LogP contribution in [0.15, 0.2) is 83.9 Å². The summed E-state index contributed by atoms with van der Waals surface area (Å²) in [4.78, 5) is 43.0. The summed E-state index contributed by atoms with van der Waals surface area (Å²) in [6.45, 7) is 0.290. The number of ether oxygens (including phenoxy) is 1. The van der Waals surface area contributed by atoms with Crippen molar-refractivity contribution in [1.29, 1.82) is 0 Å². The van der Waals surface area contributed by atoms with Gasteiger partial charge < -0.3 is 15.4 Å². The summed E-state index contributed by atoms with van der Waals surface area (Å²) in [5.41, 5.74) is 1.96. The van der Waals surface area contributed by atoms with Gasteiger partial charge in [-0.15, -0.1) is 11.8 Å². The van der Waals surface area contributed by atoms with E-state index >= 15 is 0 Å². The lowest BCUT2D eigenvalue weighted by Gasteiger charge is -2.24. The van der Waals surface area contributed by atoms with E-state index < -0.39 is 23.2 Å². The number of carbonyl (C=O) groups is 3. The molecule has 2 aromatic carbocycles. The fraction of sp³-hybridized carbons (Fsp3) is 0.167. The van der Waals surface area contributed by atoms with Crippen LogP contribution in [0.25, 0.3) is 0 Å². The highest BCUT2D eigenvalue weighted by atomic mass is 32.2. The van der Waals surface area contributed by atoms with Crippen molar-refractivity contribution < 1.29 is 19.1 Å². The molecule has 1 aliphatic rings. The molecule has 0 radical (unpaired) electrons. The van der Waals surface area contributed by atoms with Crippen LogP contribution in [0, 0.1) is 0 Å². The minimum absolute atomic E-state index is 0.167. The number of fused-ring (bicyclic) bond motifs is 1. The van der Waals surface area contributed by atoms with Gasteiger partial charge in [-0.05, 0) is 29.8 Å². The number of hydrogen-bond acceptors (Lipinski definition) is 6. The van der Waals surface area contributed by atoms with Crippen LogP contribution in [0.3, 0.4) is 0 Å². The maximum absolute atomic E-state index is 12.9. The Kier molecular flexibility index (Phi) is 6.81. The van der Waals surface area contributed by atoms with Crippen LogP contribution in [0.4, 0.5) is 5.69 Å². The highest BCUT2D eigenvalue weighted by molar-refractivity contribution is 8.01. The fourth-order valence-corrected chi connectivity index (χ4v) is 4.31. The van der Waals surface area contributed by atoms with Crippen LogP contribution in [-0.4, -0.2) is 28.0 Å². The molecule has 0 unspecified atom stereocenters. The van der Waals surface area contributed by atoms with Crippen molar-refractivity contribution in [2.24, 2.45) is 0 Å². The van der Waals surface area contributed by atoms with E-state index in [1.165, 1.54) is 18.0 Å². The van der Waals surface area contributed by atoms with Gasteiger partial charge in [-0.3, -0.25) is 19.4 Å². The molecule has 7 nitrogen and oxygen atoms in total. The van der Waals surface area contributed by atoms with Gasteiger partial charge in [0.2, 0.25) is 12.0 Å². The molecule has 32 heavy (non-hydrogen) atoms. The third-order valence-corrected chi connectivity index (χ3v) is 6.09. The number of hydrogen-bond donors (Lipinski definition) is 2.